The van der Waals surface area contributed by atoms with Gasteiger partial charge in [0.05, 0.1) is 17.3 Å². The number of rotatable bonds is 9. The van der Waals surface area contributed by atoms with Gasteiger partial charge in [-0.05, 0) is 25.5 Å². The van der Waals surface area contributed by atoms with Gasteiger partial charge in [-0.1, -0.05) is 32.4 Å². The minimum Gasteiger partial charge on any atom is -0.383 e. The molecule has 120 valence electrons. The van der Waals surface area contributed by atoms with E-state index >= 15 is 0 Å². The molecule has 0 bridgehead atoms. The number of aromatic nitrogens is 1. The number of ether oxygens (including phenoxy) is 1. The Morgan fingerprint density at radius 1 is 1.33 bits per heavy atom. The summed E-state index contributed by atoms with van der Waals surface area (Å²) in [4.78, 5) is 7.02. The summed E-state index contributed by atoms with van der Waals surface area (Å²) in [6, 6.07) is 4.75. The number of methoxy groups -OCH3 is 1. The second-order valence-electron chi connectivity index (χ2n) is 5.58. The minimum atomic E-state index is 0.408. The first-order chi connectivity index (χ1) is 9.99. The summed E-state index contributed by atoms with van der Waals surface area (Å²) < 4.78 is 5.21. The molecule has 0 aliphatic heterocycles. The second kappa shape index (κ2) is 9.23. The van der Waals surface area contributed by atoms with Crippen LogP contribution in [-0.2, 0) is 11.3 Å². The molecule has 21 heavy (non-hydrogen) atoms. The molecule has 1 unspecified atom stereocenters. The van der Waals surface area contributed by atoms with Crippen LogP contribution in [-0.4, -0.2) is 37.3 Å². The van der Waals surface area contributed by atoms with Crippen LogP contribution in [0.1, 0.15) is 39.8 Å². The molecule has 5 heteroatoms. The number of hydrogen-bond acceptors (Lipinski definition) is 4. The largest absolute Gasteiger partial charge is 0.383 e. The van der Waals surface area contributed by atoms with E-state index in [4.69, 9.17) is 21.3 Å². The number of hydrogen-bond donors (Lipinski definition) is 1. The average Bonchev–Trinajstić information content (AvgIpc) is 2.47. The lowest BCUT2D eigenvalue weighted by Gasteiger charge is -2.30. The van der Waals surface area contributed by atoms with Gasteiger partial charge in [0.2, 0.25) is 0 Å². The van der Waals surface area contributed by atoms with Gasteiger partial charge in [-0.25, -0.2) is 4.98 Å². The highest BCUT2D eigenvalue weighted by Crippen LogP contribution is 2.21. The van der Waals surface area contributed by atoms with Gasteiger partial charge in [-0.3, -0.25) is 0 Å². The zero-order valence-corrected chi connectivity index (χ0v) is 14.6. The molecule has 0 amide bonds. The standard InChI is InChI=1S/C16H28ClN3O/c1-6-13(4)20(9-10-21-5)16-8-7-14(17)15(19-16)11-18-12(2)3/h7-8,12-13,18H,6,9-11H2,1-5H3. The van der Waals surface area contributed by atoms with Gasteiger partial charge in [0, 0.05) is 32.3 Å². The van der Waals surface area contributed by atoms with Crippen molar-refractivity contribution in [3.05, 3.63) is 22.8 Å². The summed E-state index contributed by atoms with van der Waals surface area (Å²) in [7, 11) is 1.72. The molecule has 1 rings (SSSR count). The number of pyridine rings is 1. The predicted molar refractivity (Wildman–Crippen MR) is 90.2 cm³/mol. The Labute approximate surface area is 133 Å². The summed E-state index contributed by atoms with van der Waals surface area (Å²) >= 11 is 6.26. The molecule has 0 saturated carbocycles. The predicted octanol–water partition coefficient (Wildman–Crippen LogP) is 3.48. The van der Waals surface area contributed by atoms with Gasteiger partial charge in [0.25, 0.3) is 0 Å². The normalized spacial score (nSPS) is 12.7. The first kappa shape index (κ1) is 18.2. The smallest absolute Gasteiger partial charge is 0.129 e. The Morgan fingerprint density at radius 3 is 2.62 bits per heavy atom. The van der Waals surface area contributed by atoms with Crippen molar-refractivity contribution in [1.82, 2.24) is 10.3 Å². The number of halogens is 1. The van der Waals surface area contributed by atoms with E-state index in [1.165, 1.54) is 0 Å². The molecule has 4 nitrogen and oxygen atoms in total. The molecule has 0 radical (unpaired) electrons. The SMILES string of the molecule is CCC(C)N(CCOC)c1ccc(Cl)c(CNC(C)C)n1. The molecule has 0 spiro atoms. The van der Waals surface area contributed by atoms with E-state index in [2.05, 4.69) is 37.9 Å². The molecule has 1 heterocycles. The molecule has 0 fully saturated rings. The first-order valence-corrected chi connectivity index (χ1v) is 8.01. The monoisotopic (exact) mass is 313 g/mol. The molecular formula is C16H28ClN3O. The lowest BCUT2D eigenvalue weighted by Crippen LogP contribution is -2.36. The highest BCUT2D eigenvalue weighted by atomic mass is 35.5. The third kappa shape index (κ3) is 5.81. The quantitative estimate of drug-likeness (QED) is 0.757. The van der Waals surface area contributed by atoms with Crippen LogP contribution in [0.25, 0.3) is 0 Å². The van der Waals surface area contributed by atoms with Crippen molar-refractivity contribution < 1.29 is 4.74 Å². The fraction of sp³-hybridized carbons (Fsp3) is 0.688. The Kier molecular flexibility index (Phi) is 8.01. The van der Waals surface area contributed by atoms with Gasteiger partial charge in [-0.2, -0.15) is 0 Å². The van der Waals surface area contributed by atoms with Crippen molar-refractivity contribution in [2.75, 3.05) is 25.2 Å². The number of nitrogens with one attached hydrogen (secondary N) is 1. The Bertz CT molecular complexity index is 426. The van der Waals surface area contributed by atoms with Crippen LogP contribution in [0, 0.1) is 0 Å². The zero-order chi connectivity index (χ0) is 15.8. The van der Waals surface area contributed by atoms with Crippen LogP contribution in [0.5, 0.6) is 0 Å². The Hall–Kier alpha value is -0.840. The van der Waals surface area contributed by atoms with Gasteiger partial charge in [-0.15, -0.1) is 0 Å². The summed E-state index contributed by atoms with van der Waals surface area (Å²) in [6.45, 7) is 10.8. The van der Waals surface area contributed by atoms with E-state index in [1.807, 2.05) is 12.1 Å². The molecular weight excluding hydrogens is 286 g/mol. The molecule has 1 aromatic heterocycles. The van der Waals surface area contributed by atoms with E-state index in [-0.39, 0.29) is 0 Å². The maximum atomic E-state index is 6.26. The van der Waals surface area contributed by atoms with Gasteiger partial charge in [0.15, 0.2) is 0 Å². The summed E-state index contributed by atoms with van der Waals surface area (Å²) in [5.74, 6) is 0.964. The van der Waals surface area contributed by atoms with Crippen molar-refractivity contribution >= 4 is 17.4 Å². The summed E-state index contributed by atoms with van der Waals surface area (Å²) in [5.41, 5.74) is 0.897. The van der Waals surface area contributed by atoms with E-state index in [1.54, 1.807) is 7.11 Å². The molecule has 0 aliphatic carbocycles. The van der Waals surface area contributed by atoms with Gasteiger partial charge < -0.3 is 15.0 Å². The molecule has 1 N–H and O–H groups in total. The summed E-state index contributed by atoms with van der Waals surface area (Å²) in [6.07, 6.45) is 1.06. The highest BCUT2D eigenvalue weighted by molar-refractivity contribution is 6.31. The molecule has 0 saturated heterocycles. The van der Waals surface area contributed by atoms with E-state index in [0.717, 1.165) is 24.5 Å². The zero-order valence-electron chi connectivity index (χ0n) is 13.8. The van der Waals surface area contributed by atoms with Crippen LogP contribution in [0.4, 0.5) is 5.82 Å². The maximum Gasteiger partial charge on any atom is 0.129 e. The second-order valence-corrected chi connectivity index (χ2v) is 5.98. The van der Waals surface area contributed by atoms with Crippen LogP contribution >= 0.6 is 11.6 Å². The topological polar surface area (TPSA) is 37.4 Å². The van der Waals surface area contributed by atoms with Crippen LogP contribution in [0.15, 0.2) is 12.1 Å². The average molecular weight is 314 g/mol. The molecule has 0 aromatic carbocycles. The van der Waals surface area contributed by atoms with E-state index in [9.17, 15) is 0 Å². The van der Waals surface area contributed by atoms with Crippen molar-refractivity contribution in [2.45, 2.75) is 52.7 Å². The van der Waals surface area contributed by atoms with Gasteiger partial charge >= 0.3 is 0 Å². The third-order valence-corrected chi connectivity index (χ3v) is 3.88. The number of nitrogens with zero attached hydrogens (tertiary/aromatic N) is 2. The fourth-order valence-corrected chi connectivity index (χ4v) is 2.20. The van der Waals surface area contributed by atoms with Crippen molar-refractivity contribution in [2.24, 2.45) is 0 Å². The fourth-order valence-electron chi connectivity index (χ4n) is 2.03. The van der Waals surface area contributed by atoms with Crippen molar-refractivity contribution in [3.63, 3.8) is 0 Å². The van der Waals surface area contributed by atoms with E-state index in [0.29, 0.717) is 30.3 Å². The Balaban J connectivity index is 2.94. The highest BCUT2D eigenvalue weighted by Gasteiger charge is 2.15. The van der Waals surface area contributed by atoms with Crippen molar-refractivity contribution in [3.8, 4) is 0 Å². The van der Waals surface area contributed by atoms with Crippen LogP contribution in [0.3, 0.4) is 0 Å². The Morgan fingerprint density at radius 2 is 2.05 bits per heavy atom. The third-order valence-electron chi connectivity index (χ3n) is 3.54. The maximum absolute atomic E-state index is 6.26. The van der Waals surface area contributed by atoms with Crippen LogP contribution < -0.4 is 10.2 Å². The van der Waals surface area contributed by atoms with Crippen LogP contribution in [0.2, 0.25) is 5.02 Å². The van der Waals surface area contributed by atoms with Gasteiger partial charge in [0.1, 0.15) is 5.82 Å². The number of anilines is 1. The first-order valence-electron chi connectivity index (χ1n) is 7.64. The lowest BCUT2D eigenvalue weighted by atomic mass is 10.2. The van der Waals surface area contributed by atoms with E-state index < -0.39 is 0 Å². The lowest BCUT2D eigenvalue weighted by molar-refractivity contribution is 0.203. The molecule has 1 aromatic rings. The van der Waals surface area contributed by atoms with Crippen molar-refractivity contribution in [1.29, 1.82) is 0 Å². The molecule has 0 aliphatic rings. The summed E-state index contributed by atoms with van der Waals surface area (Å²) in [5, 5.41) is 4.08. The minimum absolute atomic E-state index is 0.408. The molecule has 1 atom stereocenters.